The summed E-state index contributed by atoms with van der Waals surface area (Å²) >= 11 is 0. The number of hydrogen-bond acceptors (Lipinski definition) is 4. The Bertz CT molecular complexity index is 966. The second-order valence-electron chi connectivity index (χ2n) is 7.34. The molecule has 0 aliphatic carbocycles. The van der Waals surface area contributed by atoms with Gasteiger partial charge in [-0.1, -0.05) is 54.6 Å². The molecule has 28 heavy (non-hydrogen) atoms. The highest BCUT2D eigenvalue weighted by atomic mass is 16.2. The van der Waals surface area contributed by atoms with Crippen molar-refractivity contribution in [2.45, 2.75) is 38.9 Å². The van der Waals surface area contributed by atoms with E-state index in [0.717, 1.165) is 28.8 Å². The van der Waals surface area contributed by atoms with Crippen molar-refractivity contribution in [2.75, 3.05) is 5.32 Å². The first-order valence-electron chi connectivity index (χ1n) is 9.60. The van der Waals surface area contributed by atoms with Gasteiger partial charge in [-0.3, -0.25) is 10.2 Å². The van der Waals surface area contributed by atoms with Crippen molar-refractivity contribution in [1.29, 1.82) is 0 Å². The molecule has 0 bridgehead atoms. The van der Waals surface area contributed by atoms with Crippen molar-refractivity contribution < 1.29 is 4.79 Å². The Morgan fingerprint density at radius 1 is 1.14 bits per heavy atom. The molecule has 3 aromatic rings. The number of carbonyl (C=O) groups excluding carboxylic acids is 1. The Morgan fingerprint density at radius 3 is 2.61 bits per heavy atom. The lowest BCUT2D eigenvalue weighted by Crippen LogP contribution is -2.40. The van der Waals surface area contributed by atoms with E-state index in [0.29, 0.717) is 12.4 Å². The lowest BCUT2D eigenvalue weighted by atomic mass is 10.1. The zero-order chi connectivity index (χ0) is 19.5. The molecular weight excluding hydrogens is 350 g/mol. The monoisotopic (exact) mass is 375 g/mol. The van der Waals surface area contributed by atoms with Crippen molar-refractivity contribution in [2.24, 2.45) is 0 Å². The van der Waals surface area contributed by atoms with E-state index in [4.69, 9.17) is 5.10 Å². The van der Waals surface area contributed by atoms with Gasteiger partial charge in [0.15, 0.2) is 0 Å². The first-order chi connectivity index (χ1) is 13.6. The minimum atomic E-state index is -0.253. The minimum absolute atomic E-state index is 0.0533. The fourth-order valence-electron chi connectivity index (χ4n) is 3.49. The van der Waals surface area contributed by atoms with Gasteiger partial charge in [-0.25, -0.2) is 10.1 Å². The molecule has 1 saturated heterocycles. The molecule has 1 aromatic heterocycles. The lowest BCUT2D eigenvalue weighted by molar-refractivity contribution is -0.117. The zero-order valence-electron chi connectivity index (χ0n) is 16.1. The number of hydrazine groups is 1. The van der Waals surface area contributed by atoms with Crippen molar-refractivity contribution in [3.63, 3.8) is 0 Å². The third-order valence-corrected chi connectivity index (χ3v) is 5.04. The number of anilines is 1. The van der Waals surface area contributed by atoms with Crippen LogP contribution >= 0.6 is 0 Å². The van der Waals surface area contributed by atoms with E-state index in [1.54, 1.807) is 0 Å². The number of benzene rings is 2. The molecular formula is C22H25N5O. The number of nitrogens with one attached hydrogen (secondary N) is 3. The number of hydrogen-bond donors (Lipinski definition) is 3. The Kier molecular flexibility index (Phi) is 5.23. The average molecular weight is 375 g/mol. The van der Waals surface area contributed by atoms with Crippen molar-refractivity contribution in [3.05, 3.63) is 71.8 Å². The van der Waals surface area contributed by atoms with Crippen LogP contribution in [0, 0.1) is 6.92 Å². The van der Waals surface area contributed by atoms with Crippen LogP contribution in [-0.2, 0) is 11.3 Å². The minimum Gasteiger partial charge on any atom is -0.309 e. The summed E-state index contributed by atoms with van der Waals surface area (Å²) < 4.78 is 1.86. The molecule has 144 valence electrons. The Morgan fingerprint density at radius 2 is 1.89 bits per heavy atom. The summed E-state index contributed by atoms with van der Waals surface area (Å²) in [6, 6.07) is 20.3. The summed E-state index contributed by atoms with van der Waals surface area (Å²) in [5.41, 5.74) is 10.4. The number of carbonyl (C=O) groups is 1. The van der Waals surface area contributed by atoms with Gasteiger partial charge >= 0.3 is 0 Å². The molecule has 1 fully saturated rings. The van der Waals surface area contributed by atoms with Crippen LogP contribution in [0.5, 0.6) is 0 Å². The highest BCUT2D eigenvalue weighted by Crippen LogP contribution is 2.26. The van der Waals surface area contributed by atoms with Gasteiger partial charge in [-0.15, -0.1) is 0 Å². The number of rotatable bonds is 5. The van der Waals surface area contributed by atoms with Gasteiger partial charge in [-0.2, -0.15) is 5.10 Å². The fourth-order valence-corrected chi connectivity index (χ4v) is 3.49. The van der Waals surface area contributed by atoms with Crippen molar-refractivity contribution >= 4 is 11.7 Å². The number of amides is 1. The van der Waals surface area contributed by atoms with Crippen LogP contribution in [-0.4, -0.2) is 27.8 Å². The van der Waals surface area contributed by atoms with Gasteiger partial charge in [0.2, 0.25) is 5.91 Å². The maximum Gasteiger partial charge on any atom is 0.244 e. The van der Waals surface area contributed by atoms with Crippen LogP contribution in [0.1, 0.15) is 24.5 Å². The Balaban J connectivity index is 1.64. The maximum atomic E-state index is 12.7. The molecule has 1 amide bonds. The maximum absolute atomic E-state index is 12.7. The van der Waals surface area contributed by atoms with Crippen LogP contribution < -0.4 is 16.2 Å². The van der Waals surface area contributed by atoms with E-state index >= 15 is 0 Å². The molecule has 0 saturated carbocycles. The summed E-state index contributed by atoms with van der Waals surface area (Å²) in [6.07, 6.45) is 0.753. The average Bonchev–Trinajstić information content (AvgIpc) is 3.30. The third kappa shape index (κ3) is 3.98. The van der Waals surface area contributed by atoms with E-state index in [2.05, 4.69) is 54.3 Å². The smallest absolute Gasteiger partial charge is 0.244 e. The fraction of sp³-hybridized carbons (Fsp3) is 0.273. The van der Waals surface area contributed by atoms with E-state index in [1.807, 2.05) is 41.1 Å². The van der Waals surface area contributed by atoms with E-state index in [1.165, 1.54) is 0 Å². The molecule has 0 spiro atoms. The summed E-state index contributed by atoms with van der Waals surface area (Å²) in [5.74, 6) is 0.649. The normalized spacial score (nSPS) is 18.9. The lowest BCUT2D eigenvalue weighted by Gasteiger charge is -2.12. The van der Waals surface area contributed by atoms with Gasteiger partial charge < -0.3 is 5.32 Å². The predicted octanol–water partition coefficient (Wildman–Crippen LogP) is 3.10. The highest BCUT2D eigenvalue weighted by molar-refractivity contribution is 5.94. The van der Waals surface area contributed by atoms with E-state index < -0.39 is 0 Å². The first-order valence-corrected chi connectivity index (χ1v) is 9.60. The molecule has 2 heterocycles. The molecule has 2 aromatic carbocycles. The SMILES string of the molecule is Cc1ccccc1-c1cc(NC(=O)C2CC(C)NN2)n(Cc2ccccc2)n1. The standard InChI is InChI=1S/C22H25N5O/c1-15-8-6-7-11-18(15)19-13-21(23-22(28)20-12-16(2)24-25-20)27(26-19)14-17-9-4-3-5-10-17/h3-11,13,16,20,24-25H,12,14H2,1-2H3,(H,23,28). The zero-order valence-corrected chi connectivity index (χ0v) is 16.1. The highest BCUT2D eigenvalue weighted by Gasteiger charge is 2.27. The molecule has 2 atom stereocenters. The van der Waals surface area contributed by atoms with Crippen LogP contribution in [0.25, 0.3) is 11.3 Å². The van der Waals surface area contributed by atoms with Gasteiger partial charge in [0.25, 0.3) is 0 Å². The molecule has 1 aliphatic heterocycles. The topological polar surface area (TPSA) is 71.0 Å². The Hall–Kier alpha value is -2.96. The molecule has 6 heteroatoms. The molecule has 1 aliphatic rings. The molecule has 6 nitrogen and oxygen atoms in total. The quantitative estimate of drug-likeness (QED) is 0.641. The molecule has 4 rings (SSSR count). The van der Waals surface area contributed by atoms with Gasteiger partial charge in [0, 0.05) is 17.7 Å². The van der Waals surface area contributed by atoms with E-state index in [9.17, 15) is 4.79 Å². The van der Waals surface area contributed by atoms with E-state index in [-0.39, 0.29) is 18.0 Å². The Labute approximate surface area is 164 Å². The predicted molar refractivity (Wildman–Crippen MR) is 111 cm³/mol. The second-order valence-corrected chi connectivity index (χ2v) is 7.34. The summed E-state index contributed by atoms with van der Waals surface area (Å²) in [7, 11) is 0. The summed E-state index contributed by atoms with van der Waals surface area (Å²) in [5, 5.41) is 7.86. The third-order valence-electron chi connectivity index (χ3n) is 5.04. The van der Waals surface area contributed by atoms with Crippen molar-refractivity contribution in [3.8, 4) is 11.3 Å². The number of nitrogens with zero attached hydrogens (tertiary/aromatic N) is 2. The van der Waals surface area contributed by atoms with Crippen LogP contribution in [0.2, 0.25) is 0 Å². The molecule has 2 unspecified atom stereocenters. The number of aromatic nitrogens is 2. The van der Waals surface area contributed by atoms with Crippen molar-refractivity contribution in [1.82, 2.24) is 20.6 Å². The van der Waals surface area contributed by atoms with Crippen LogP contribution in [0.15, 0.2) is 60.7 Å². The van der Waals surface area contributed by atoms with Gasteiger partial charge in [-0.05, 0) is 31.4 Å². The molecule has 3 N–H and O–H groups in total. The number of aryl methyl sites for hydroxylation is 1. The van der Waals surface area contributed by atoms with Crippen LogP contribution in [0.3, 0.4) is 0 Å². The largest absolute Gasteiger partial charge is 0.309 e. The van der Waals surface area contributed by atoms with Crippen LogP contribution in [0.4, 0.5) is 5.82 Å². The summed E-state index contributed by atoms with van der Waals surface area (Å²) in [6.45, 7) is 4.71. The van der Waals surface area contributed by atoms with Gasteiger partial charge in [0.05, 0.1) is 12.2 Å². The summed E-state index contributed by atoms with van der Waals surface area (Å²) in [4.78, 5) is 12.7. The molecule has 0 radical (unpaired) electrons. The van der Waals surface area contributed by atoms with Gasteiger partial charge in [0.1, 0.15) is 11.9 Å². The second kappa shape index (κ2) is 7.96. The first kappa shape index (κ1) is 18.4.